The fourth-order valence-electron chi connectivity index (χ4n) is 2.04. The third-order valence-corrected chi connectivity index (χ3v) is 2.83. The fourth-order valence-corrected chi connectivity index (χ4v) is 2.04. The van der Waals surface area contributed by atoms with Gasteiger partial charge in [-0.1, -0.05) is 25.7 Å². The van der Waals surface area contributed by atoms with Crippen molar-refractivity contribution >= 4 is 5.78 Å². The topological polar surface area (TPSA) is 37.3 Å². The van der Waals surface area contributed by atoms with E-state index in [-0.39, 0.29) is 11.7 Å². The highest BCUT2D eigenvalue weighted by Crippen LogP contribution is 2.26. The Balaban J connectivity index is 2.54. The van der Waals surface area contributed by atoms with E-state index in [0.29, 0.717) is 0 Å². The van der Waals surface area contributed by atoms with Crippen LogP contribution in [0, 0.1) is 5.92 Å². The van der Waals surface area contributed by atoms with Crippen LogP contribution in [0.5, 0.6) is 0 Å². The molecule has 0 unspecified atom stereocenters. The van der Waals surface area contributed by atoms with Gasteiger partial charge in [-0.15, -0.1) is 0 Å². The molecule has 0 aliphatic heterocycles. The molecule has 13 heavy (non-hydrogen) atoms. The zero-order chi connectivity index (χ0) is 9.90. The van der Waals surface area contributed by atoms with Crippen LogP contribution in [0.25, 0.3) is 0 Å². The van der Waals surface area contributed by atoms with Gasteiger partial charge < -0.3 is 5.11 Å². The van der Waals surface area contributed by atoms with E-state index in [1.54, 1.807) is 13.8 Å². The van der Waals surface area contributed by atoms with E-state index < -0.39 is 5.60 Å². The molecular weight excluding hydrogens is 164 g/mol. The summed E-state index contributed by atoms with van der Waals surface area (Å²) in [4.78, 5) is 11.7. The molecule has 0 radical (unpaired) electrons. The monoisotopic (exact) mass is 184 g/mol. The minimum Gasteiger partial charge on any atom is -0.383 e. The van der Waals surface area contributed by atoms with Crippen LogP contribution in [0.1, 0.15) is 52.4 Å². The highest BCUT2D eigenvalue weighted by Gasteiger charge is 2.31. The van der Waals surface area contributed by atoms with Gasteiger partial charge in [-0.25, -0.2) is 0 Å². The van der Waals surface area contributed by atoms with Crippen LogP contribution in [-0.2, 0) is 4.79 Å². The molecule has 0 heterocycles. The van der Waals surface area contributed by atoms with Crippen LogP contribution >= 0.6 is 0 Å². The minimum absolute atomic E-state index is 0.0365. The van der Waals surface area contributed by atoms with E-state index in [1.165, 1.54) is 12.8 Å². The molecule has 0 bridgehead atoms. The molecular formula is C11H20O2. The van der Waals surface area contributed by atoms with Crippen molar-refractivity contribution in [1.82, 2.24) is 0 Å². The molecule has 0 aromatic heterocycles. The van der Waals surface area contributed by atoms with Crippen molar-refractivity contribution in [3.8, 4) is 0 Å². The average molecular weight is 184 g/mol. The Morgan fingerprint density at radius 1 is 1.15 bits per heavy atom. The first-order chi connectivity index (χ1) is 6.02. The Hall–Kier alpha value is -0.370. The van der Waals surface area contributed by atoms with Gasteiger partial charge >= 0.3 is 0 Å². The maximum Gasteiger partial charge on any atom is 0.166 e. The summed E-state index contributed by atoms with van der Waals surface area (Å²) in [5, 5.41) is 9.58. The Labute approximate surface area is 80.3 Å². The molecule has 0 atom stereocenters. The maximum atomic E-state index is 11.7. The first-order valence-corrected chi connectivity index (χ1v) is 5.28. The van der Waals surface area contributed by atoms with Gasteiger partial charge in [0.2, 0.25) is 0 Å². The quantitative estimate of drug-likeness (QED) is 0.669. The zero-order valence-corrected chi connectivity index (χ0v) is 8.68. The van der Waals surface area contributed by atoms with Crippen LogP contribution in [0.2, 0.25) is 0 Å². The smallest absolute Gasteiger partial charge is 0.166 e. The second-order valence-electron chi connectivity index (χ2n) is 4.61. The van der Waals surface area contributed by atoms with E-state index in [9.17, 15) is 9.90 Å². The molecule has 1 aliphatic carbocycles. The molecule has 1 fully saturated rings. The first kappa shape index (κ1) is 10.7. The van der Waals surface area contributed by atoms with Crippen LogP contribution in [0.15, 0.2) is 0 Å². The third kappa shape index (κ3) is 3.11. The van der Waals surface area contributed by atoms with Gasteiger partial charge in [0.25, 0.3) is 0 Å². The van der Waals surface area contributed by atoms with E-state index in [4.69, 9.17) is 0 Å². The van der Waals surface area contributed by atoms with Crippen LogP contribution in [0.4, 0.5) is 0 Å². The molecule has 1 rings (SSSR count). The SMILES string of the molecule is CC(C)(O)C(=O)C1CCCCCC1. The number of aliphatic hydroxyl groups is 1. The Kier molecular flexibility index (Phi) is 3.48. The lowest BCUT2D eigenvalue weighted by molar-refractivity contribution is -0.138. The summed E-state index contributed by atoms with van der Waals surface area (Å²) in [6.07, 6.45) is 6.73. The summed E-state index contributed by atoms with van der Waals surface area (Å²) in [7, 11) is 0. The number of carbonyl (C=O) groups is 1. The first-order valence-electron chi connectivity index (χ1n) is 5.28. The van der Waals surface area contributed by atoms with Crippen LogP contribution in [-0.4, -0.2) is 16.5 Å². The summed E-state index contributed by atoms with van der Waals surface area (Å²) >= 11 is 0. The summed E-state index contributed by atoms with van der Waals surface area (Å²) in [6.45, 7) is 3.19. The van der Waals surface area contributed by atoms with Gasteiger partial charge in [0.05, 0.1) is 0 Å². The van der Waals surface area contributed by atoms with Crippen molar-refractivity contribution in [1.29, 1.82) is 0 Å². The number of rotatable bonds is 2. The van der Waals surface area contributed by atoms with E-state index in [0.717, 1.165) is 25.7 Å². The lowest BCUT2D eigenvalue weighted by Crippen LogP contribution is -2.36. The summed E-state index contributed by atoms with van der Waals surface area (Å²) < 4.78 is 0. The van der Waals surface area contributed by atoms with Gasteiger partial charge in [-0.2, -0.15) is 0 Å². The summed E-state index contributed by atoms with van der Waals surface area (Å²) in [6, 6.07) is 0. The Bertz CT molecular complexity index is 171. The zero-order valence-electron chi connectivity index (χ0n) is 8.68. The number of carbonyl (C=O) groups excluding carboxylic acids is 1. The van der Waals surface area contributed by atoms with Crippen molar-refractivity contribution in [2.75, 3.05) is 0 Å². The van der Waals surface area contributed by atoms with Crippen molar-refractivity contribution in [3.05, 3.63) is 0 Å². The normalized spacial score (nSPS) is 21.2. The molecule has 1 aliphatic rings. The molecule has 76 valence electrons. The van der Waals surface area contributed by atoms with E-state index in [1.807, 2.05) is 0 Å². The minimum atomic E-state index is -1.13. The van der Waals surface area contributed by atoms with Crippen molar-refractivity contribution in [3.63, 3.8) is 0 Å². The van der Waals surface area contributed by atoms with E-state index >= 15 is 0 Å². The molecule has 2 heteroatoms. The van der Waals surface area contributed by atoms with Crippen LogP contribution in [0.3, 0.4) is 0 Å². The molecule has 1 N–H and O–H groups in total. The molecule has 0 amide bonds. The Morgan fingerprint density at radius 3 is 2.00 bits per heavy atom. The van der Waals surface area contributed by atoms with Gasteiger partial charge in [0.15, 0.2) is 5.78 Å². The molecule has 0 saturated heterocycles. The van der Waals surface area contributed by atoms with Gasteiger partial charge in [0, 0.05) is 5.92 Å². The number of hydrogen-bond donors (Lipinski definition) is 1. The summed E-state index contributed by atoms with van der Waals surface area (Å²) in [5.41, 5.74) is -1.13. The van der Waals surface area contributed by atoms with E-state index in [2.05, 4.69) is 0 Å². The van der Waals surface area contributed by atoms with Crippen molar-refractivity contribution < 1.29 is 9.90 Å². The highest BCUT2D eigenvalue weighted by atomic mass is 16.3. The highest BCUT2D eigenvalue weighted by molar-refractivity contribution is 5.88. The predicted molar refractivity (Wildman–Crippen MR) is 52.5 cm³/mol. The van der Waals surface area contributed by atoms with Crippen molar-refractivity contribution in [2.24, 2.45) is 5.92 Å². The second-order valence-corrected chi connectivity index (χ2v) is 4.61. The maximum absolute atomic E-state index is 11.7. The van der Waals surface area contributed by atoms with Gasteiger partial charge in [-0.3, -0.25) is 4.79 Å². The van der Waals surface area contributed by atoms with Gasteiger partial charge in [0.1, 0.15) is 5.60 Å². The molecule has 0 aromatic carbocycles. The molecule has 0 spiro atoms. The molecule has 1 saturated carbocycles. The Morgan fingerprint density at radius 2 is 1.62 bits per heavy atom. The largest absolute Gasteiger partial charge is 0.383 e. The molecule has 2 nitrogen and oxygen atoms in total. The number of ketones is 1. The fraction of sp³-hybridized carbons (Fsp3) is 0.909. The lowest BCUT2D eigenvalue weighted by atomic mass is 9.87. The second kappa shape index (κ2) is 4.23. The number of hydrogen-bond acceptors (Lipinski definition) is 2. The molecule has 0 aromatic rings. The van der Waals surface area contributed by atoms with Crippen LogP contribution < -0.4 is 0 Å². The average Bonchev–Trinajstić information content (AvgIpc) is 2.28. The predicted octanol–water partition coefficient (Wildman–Crippen LogP) is 2.30. The lowest BCUT2D eigenvalue weighted by Gasteiger charge is -2.22. The number of Topliss-reactive ketones (excluding diaryl/α,β-unsaturated/α-hetero) is 1. The standard InChI is InChI=1S/C11H20O2/c1-11(2,13)10(12)9-7-5-3-4-6-8-9/h9,13H,3-8H2,1-2H3. The van der Waals surface area contributed by atoms with Crippen molar-refractivity contribution in [2.45, 2.75) is 58.0 Å². The van der Waals surface area contributed by atoms with Gasteiger partial charge in [-0.05, 0) is 26.7 Å². The third-order valence-electron chi connectivity index (χ3n) is 2.83. The summed E-state index contributed by atoms with van der Waals surface area (Å²) in [5.74, 6) is 0.150.